The Bertz CT molecular complexity index is 677. The fraction of sp³-hybridized carbons (Fsp3) is 0.357. The van der Waals surface area contributed by atoms with Gasteiger partial charge < -0.3 is 9.47 Å². The largest absolute Gasteiger partial charge is 0.474 e. The van der Waals surface area contributed by atoms with E-state index >= 15 is 0 Å². The highest BCUT2D eigenvalue weighted by Crippen LogP contribution is 2.32. The Hall–Kier alpha value is -1.21. The number of hydrogen-bond donors (Lipinski definition) is 0. The highest BCUT2D eigenvalue weighted by atomic mass is 79.9. The molecule has 0 N–H and O–H groups in total. The van der Waals surface area contributed by atoms with Gasteiger partial charge >= 0.3 is 5.97 Å². The smallest absolute Gasteiger partial charge is 0.302 e. The summed E-state index contributed by atoms with van der Waals surface area (Å²) in [5.41, 5.74) is 0.799. The number of hydrogen-bond acceptors (Lipinski definition) is 5. The van der Waals surface area contributed by atoms with Gasteiger partial charge in [-0.1, -0.05) is 22.9 Å². The number of aromatic nitrogens is 2. The molecule has 0 radical (unpaired) electrons. The van der Waals surface area contributed by atoms with Crippen LogP contribution in [0.3, 0.4) is 0 Å². The van der Waals surface area contributed by atoms with E-state index in [-0.39, 0.29) is 19.2 Å². The number of nitrogens with zero attached hydrogens (tertiary/aromatic N) is 2. The Morgan fingerprint density at radius 3 is 2.67 bits per heavy atom. The topological polar surface area (TPSA) is 61.3 Å². The first-order chi connectivity index (χ1) is 10.0. The molecule has 1 aromatic carbocycles. The number of halogens is 2. The van der Waals surface area contributed by atoms with Crippen LogP contribution in [-0.4, -0.2) is 29.2 Å². The lowest BCUT2D eigenvalue weighted by Crippen LogP contribution is -2.11. The molecular weight excluding hydrogens is 404 g/mol. The van der Waals surface area contributed by atoms with Crippen molar-refractivity contribution in [3.05, 3.63) is 26.9 Å². The highest BCUT2D eigenvalue weighted by molar-refractivity contribution is 9.11. The Kier molecular flexibility index (Phi) is 5.52. The Balaban J connectivity index is 2.33. The standard InChI is InChI=1S/C14H14Br2N2O3/c1-3-12-17-13-10(6-9(15)7-11(13)16)14(18-12)21-5-4-20-8(2)19/h6-7H,3-5H2,1-2H3. The third kappa shape index (κ3) is 4.14. The monoisotopic (exact) mass is 416 g/mol. The van der Waals surface area contributed by atoms with Gasteiger partial charge in [-0.3, -0.25) is 4.79 Å². The number of benzene rings is 1. The van der Waals surface area contributed by atoms with E-state index in [1.807, 2.05) is 19.1 Å². The second-order valence-electron chi connectivity index (χ2n) is 4.27. The zero-order valence-electron chi connectivity index (χ0n) is 11.7. The molecule has 0 spiro atoms. The van der Waals surface area contributed by atoms with Gasteiger partial charge in [-0.15, -0.1) is 0 Å². The summed E-state index contributed by atoms with van der Waals surface area (Å²) in [5, 5.41) is 0.802. The van der Waals surface area contributed by atoms with Crippen LogP contribution in [0.15, 0.2) is 21.1 Å². The maximum Gasteiger partial charge on any atom is 0.302 e. The van der Waals surface area contributed by atoms with Crippen molar-refractivity contribution in [2.24, 2.45) is 0 Å². The summed E-state index contributed by atoms with van der Waals surface area (Å²) in [6.45, 7) is 3.79. The summed E-state index contributed by atoms with van der Waals surface area (Å²) in [5.74, 6) is 0.866. The molecule has 0 atom stereocenters. The van der Waals surface area contributed by atoms with Crippen molar-refractivity contribution in [2.75, 3.05) is 13.2 Å². The number of fused-ring (bicyclic) bond motifs is 1. The van der Waals surface area contributed by atoms with Crippen LogP contribution >= 0.6 is 31.9 Å². The Morgan fingerprint density at radius 1 is 1.24 bits per heavy atom. The van der Waals surface area contributed by atoms with Crippen LogP contribution in [0, 0.1) is 0 Å². The number of ether oxygens (including phenoxy) is 2. The van der Waals surface area contributed by atoms with Crippen LogP contribution in [0.25, 0.3) is 10.9 Å². The minimum absolute atomic E-state index is 0.192. The predicted molar refractivity (Wildman–Crippen MR) is 86.4 cm³/mol. The normalized spacial score (nSPS) is 10.7. The molecule has 0 aliphatic heterocycles. The molecule has 0 fully saturated rings. The van der Waals surface area contributed by atoms with Crippen molar-refractivity contribution in [1.29, 1.82) is 0 Å². The van der Waals surface area contributed by atoms with Gasteiger partial charge in [0.1, 0.15) is 19.0 Å². The second kappa shape index (κ2) is 7.17. The molecule has 2 aromatic rings. The van der Waals surface area contributed by atoms with Crippen LogP contribution in [0.1, 0.15) is 19.7 Å². The Labute approximate surface area is 139 Å². The van der Waals surface area contributed by atoms with E-state index in [1.54, 1.807) is 0 Å². The second-order valence-corrected chi connectivity index (χ2v) is 6.04. The lowest BCUT2D eigenvalue weighted by atomic mass is 10.2. The third-order valence-corrected chi connectivity index (χ3v) is 3.74. The highest BCUT2D eigenvalue weighted by Gasteiger charge is 2.12. The van der Waals surface area contributed by atoms with Crippen LogP contribution in [-0.2, 0) is 16.0 Å². The zero-order valence-corrected chi connectivity index (χ0v) is 14.8. The number of carbonyl (C=O) groups is 1. The lowest BCUT2D eigenvalue weighted by Gasteiger charge is -2.11. The molecule has 21 heavy (non-hydrogen) atoms. The van der Waals surface area contributed by atoms with Crippen molar-refractivity contribution in [3.8, 4) is 5.88 Å². The van der Waals surface area contributed by atoms with Crippen LogP contribution in [0.5, 0.6) is 5.88 Å². The molecule has 2 rings (SSSR count). The summed E-state index contributed by atoms with van der Waals surface area (Å²) in [6, 6.07) is 3.83. The average molecular weight is 418 g/mol. The maximum atomic E-state index is 10.7. The van der Waals surface area contributed by atoms with Gasteiger partial charge in [0, 0.05) is 22.3 Å². The van der Waals surface area contributed by atoms with E-state index in [0.29, 0.717) is 18.1 Å². The minimum Gasteiger partial charge on any atom is -0.474 e. The summed E-state index contributed by atoms with van der Waals surface area (Å²) in [7, 11) is 0. The quantitative estimate of drug-likeness (QED) is 0.548. The van der Waals surface area contributed by atoms with Crippen molar-refractivity contribution in [1.82, 2.24) is 9.97 Å². The van der Waals surface area contributed by atoms with Crippen LogP contribution < -0.4 is 4.74 Å². The van der Waals surface area contributed by atoms with Gasteiger partial charge in [-0.2, -0.15) is 4.98 Å². The SMILES string of the molecule is CCc1nc(OCCOC(C)=O)c2cc(Br)cc(Br)c2n1. The zero-order chi connectivity index (χ0) is 15.4. The van der Waals surface area contributed by atoms with Gasteiger partial charge in [-0.05, 0) is 28.1 Å². The third-order valence-electron chi connectivity index (χ3n) is 2.67. The molecule has 0 aliphatic rings. The summed E-state index contributed by atoms with van der Waals surface area (Å²) >= 11 is 6.94. The van der Waals surface area contributed by atoms with Gasteiger partial charge in [0.05, 0.1) is 10.9 Å². The van der Waals surface area contributed by atoms with E-state index in [4.69, 9.17) is 9.47 Å². The lowest BCUT2D eigenvalue weighted by molar-refractivity contribution is -0.141. The molecule has 5 nitrogen and oxygen atoms in total. The first-order valence-electron chi connectivity index (χ1n) is 6.43. The molecular formula is C14H14Br2N2O3. The first-order valence-corrected chi connectivity index (χ1v) is 8.01. The van der Waals surface area contributed by atoms with Crippen LogP contribution in [0.4, 0.5) is 0 Å². The van der Waals surface area contributed by atoms with Crippen molar-refractivity contribution in [3.63, 3.8) is 0 Å². The molecule has 112 valence electrons. The Morgan fingerprint density at radius 2 is 2.00 bits per heavy atom. The molecule has 0 saturated carbocycles. The summed E-state index contributed by atoms with van der Waals surface area (Å²) in [6.07, 6.45) is 0.707. The minimum atomic E-state index is -0.328. The number of aryl methyl sites for hydroxylation is 1. The first kappa shape index (κ1) is 16.2. The fourth-order valence-electron chi connectivity index (χ4n) is 1.77. The van der Waals surface area contributed by atoms with Crippen molar-refractivity contribution in [2.45, 2.75) is 20.3 Å². The van der Waals surface area contributed by atoms with E-state index in [2.05, 4.69) is 41.8 Å². The van der Waals surface area contributed by atoms with E-state index < -0.39 is 0 Å². The molecule has 1 aromatic heterocycles. The van der Waals surface area contributed by atoms with Crippen molar-refractivity contribution >= 4 is 48.7 Å². The van der Waals surface area contributed by atoms with Crippen molar-refractivity contribution < 1.29 is 14.3 Å². The molecule has 0 bridgehead atoms. The summed E-state index contributed by atoms with van der Waals surface area (Å²) in [4.78, 5) is 19.7. The number of carbonyl (C=O) groups excluding carboxylic acids is 1. The van der Waals surface area contributed by atoms with Gasteiger partial charge in [0.15, 0.2) is 0 Å². The molecule has 0 aliphatic carbocycles. The van der Waals surface area contributed by atoms with Gasteiger partial charge in [0.25, 0.3) is 0 Å². The molecule has 1 heterocycles. The fourth-order valence-corrected chi connectivity index (χ4v) is 3.08. The van der Waals surface area contributed by atoms with E-state index in [9.17, 15) is 4.79 Å². The number of esters is 1. The maximum absolute atomic E-state index is 10.7. The average Bonchev–Trinajstić information content (AvgIpc) is 2.43. The van der Waals surface area contributed by atoms with Crippen LogP contribution in [0.2, 0.25) is 0 Å². The van der Waals surface area contributed by atoms with Gasteiger partial charge in [0.2, 0.25) is 5.88 Å². The predicted octanol–water partition coefficient (Wildman–Crippen LogP) is 3.66. The molecule has 7 heteroatoms. The summed E-state index contributed by atoms with van der Waals surface area (Å²) < 4.78 is 12.3. The number of rotatable bonds is 5. The molecule has 0 amide bonds. The van der Waals surface area contributed by atoms with E-state index in [1.165, 1.54) is 6.92 Å². The van der Waals surface area contributed by atoms with Gasteiger partial charge in [-0.25, -0.2) is 4.98 Å². The molecule has 0 saturated heterocycles. The van der Waals surface area contributed by atoms with E-state index in [0.717, 1.165) is 19.8 Å². The molecule has 0 unspecified atom stereocenters.